The van der Waals surface area contributed by atoms with Crippen molar-refractivity contribution in [3.05, 3.63) is 0 Å². The Morgan fingerprint density at radius 1 is 1.16 bits per heavy atom. The summed E-state index contributed by atoms with van der Waals surface area (Å²) in [6, 6.07) is 0. The Kier molecular flexibility index (Phi) is 6.19. The quantitative estimate of drug-likeness (QED) is 0.577. The standard InChI is InChI=1S/C12H22BNO4.C2HF3O2/c1-10(2)11(3,4)18-13(17-10)12(7-14-8-12)6-9(15)16-5;3-2(4,5)1(6)7/h14H,6-8H2,1-5H3;(H,6,7). The molecule has 11 heteroatoms. The highest BCUT2D eigenvalue weighted by molar-refractivity contribution is 6.50. The van der Waals surface area contributed by atoms with Gasteiger partial charge in [-0.3, -0.25) is 4.79 Å². The summed E-state index contributed by atoms with van der Waals surface area (Å²) in [6.07, 6.45) is -4.76. The highest BCUT2D eigenvalue weighted by atomic mass is 19.4. The van der Waals surface area contributed by atoms with Crippen molar-refractivity contribution in [2.75, 3.05) is 20.2 Å². The smallest absolute Gasteiger partial charge is 0.475 e. The van der Waals surface area contributed by atoms with Crippen molar-refractivity contribution in [3.63, 3.8) is 0 Å². The number of carbonyl (C=O) groups excluding carboxylic acids is 1. The molecule has 2 rings (SSSR count). The van der Waals surface area contributed by atoms with E-state index in [0.29, 0.717) is 6.42 Å². The number of halogens is 3. The van der Waals surface area contributed by atoms with E-state index in [2.05, 4.69) is 5.32 Å². The van der Waals surface area contributed by atoms with Crippen LogP contribution in [0.5, 0.6) is 0 Å². The molecular formula is C14H23BF3NO6. The van der Waals surface area contributed by atoms with E-state index in [-0.39, 0.29) is 29.6 Å². The van der Waals surface area contributed by atoms with Crippen LogP contribution in [0.15, 0.2) is 0 Å². The molecule has 0 unspecified atom stereocenters. The van der Waals surface area contributed by atoms with Crippen molar-refractivity contribution in [1.29, 1.82) is 0 Å². The molecule has 0 bridgehead atoms. The van der Waals surface area contributed by atoms with E-state index >= 15 is 0 Å². The Balaban J connectivity index is 0.000000381. The first-order valence-electron chi connectivity index (χ1n) is 7.60. The minimum atomic E-state index is -5.08. The first-order chi connectivity index (χ1) is 11.2. The third kappa shape index (κ3) is 4.86. The highest BCUT2D eigenvalue weighted by Crippen LogP contribution is 2.48. The third-order valence-electron chi connectivity index (χ3n) is 4.67. The van der Waals surface area contributed by atoms with Crippen molar-refractivity contribution in [2.24, 2.45) is 0 Å². The lowest BCUT2D eigenvalue weighted by molar-refractivity contribution is -0.192. The number of carboxylic acid groups (broad SMARTS) is 1. The summed E-state index contributed by atoms with van der Waals surface area (Å²) < 4.78 is 48.6. The Hall–Kier alpha value is -1.33. The summed E-state index contributed by atoms with van der Waals surface area (Å²) in [7, 11) is 1.05. The van der Waals surface area contributed by atoms with Gasteiger partial charge in [0, 0.05) is 18.4 Å². The first kappa shape index (κ1) is 21.7. The summed E-state index contributed by atoms with van der Waals surface area (Å²) in [5.41, 5.74) is -0.729. The van der Waals surface area contributed by atoms with Crippen molar-refractivity contribution in [1.82, 2.24) is 5.32 Å². The van der Waals surface area contributed by atoms with Crippen molar-refractivity contribution in [3.8, 4) is 0 Å². The molecule has 0 spiro atoms. The lowest BCUT2D eigenvalue weighted by Crippen LogP contribution is -2.58. The molecule has 0 radical (unpaired) electrons. The van der Waals surface area contributed by atoms with E-state index in [0.717, 1.165) is 13.1 Å². The summed E-state index contributed by atoms with van der Waals surface area (Å²) in [6.45, 7) is 9.52. The van der Waals surface area contributed by atoms with Gasteiger partial charge in [-0.1, -0.05) is 0 Å². The van der Waals surface area contributed by atoms with E-state index in [4.69, 9.17) is 23.9 Å². The van der Waals surface area contributed by atoms with Crippen molar-refractivity contribution < 1.29 is 41.9 Å². The Labute approximate surface area is 144 Å². The average molecular weight is 369 g/mol. The van der Waals surface area contributed by atoms with Gasteiger partial charge in [0.1, 0.15) is 0 Å². The van der Waals surface area contributed by atoms with Crippen molar-refractivity contribution >= 4 is 19.1 Å². The molecule has 0 amide bonds. The van der Waals surface area contributed by atoms with Crippen LogP contribution in [0.1, 0.15) is 34.1 Å². The monoisotopic (exact) mass is 369 g/mol. The summed E-state index contributed by atoms with van der Waals surface area (Å²) in [4.78, 5) is 20.4. The molecule has 2 aliphatic heterocycles. The molecule has 2 aliphatic rings. The molecular weight excluding hydrogens is 346 g/mol. The van der Waals surface area contributed by atoms with Crippen LogP contribution in [-0.4, -0.2) is 61.7 Å². The number of aliphatic carboxylic acids is 1. The Bertz CT molecular complexity index is 503. The zero-order valence-electron chi connectivity index (χ0n) is 14.8. The molecule has 0 saturated carbocycles. The number of esters is 1. The van der Waals surface area contributed by atoms with E-state index in [1.54, 1.807) is 0 Å². The molecule has 2 fully saturated rings. The second-order valence-electron chi connectivity index (χ2n) is 7.11. The van der Waals surface area contributed by atoms with Crippen LogP contribution < -0.4 is 5.32 Å². The van der Waals surface area contributed by atoms with Gasteiger partial charge in [0.05, 0.1) is 24.7 Å². The van der Waals surface area contributed by atoms with Crippen LogP contribution in [0.2, 0.25) is 5.31 Å². The lowest BCUT2D eigenvalue weighted by atomic mass is 9.52. The topological polar surface area (TPSA) is 94.1 Å². The van der Waals surface area contributed by atoms with Gasteiger partial charge < -0.3 is 24.5 Å². The van der Waals surface area contributed by atoms with Gasteiger partial charge in [0.15, 0.2) is 0 Å². The second kappa shape index (κ2) is 7.12. The zero-order chi connectivity index (χ0) is 19.7. The Morgan fingerprint density at radius 3 is 1.80 bits per heavy atom. The van der Waals surface area contributed by atoms with Crippen LogP contribution in [0, 0.1) is 0 Å². The molecule has 7 nitrogen and oxygen atoms in total. The fraction of sp³-hybridized carbons (Fsp3) is 0.857. The maximum atomic E-state index is 11.5. The van der Waals surface area contributed by atoms with Crippen LogP contribution in [0.4, 0.5) is 13.2 Å². The fourth-order valence-electron chi connectivity index (χ4n) is 2.27. The molecule has 144 valence electrons. The minimum Gasteiger partial charge on any atom is -0.475 e. The number of hydrogen-bond donors (Lipinski definition) is 2. The largest absolute Gasteiger partial charge is 0.490 e. The maximum absolute atomic E-state index is 11.5. The van der Waals surface area contributed by atoms with Crippen molar-refractivity contribution in [2.45, 2.75) is 56.8 Å². The predicted molar refractivity (Wildman–Crippen MR) is 82.0 cm³/mol. The summed E-state index contributed by atoms with van der Waals surface area (Å²) >= 11 is 0. The molecule has 0 aliphatic carbocycles. The average Bonchev–Trinajstić information content (AvgIpc) is 2.62. The molecule has 0 aromatic heterocycles. The number of alkyl halides is 3. The van der Waals surface area contributed by atoms with E-state index < -0.39 is 12.1 Å². The fourth-order valence-corrected chi connectivity index (χ4v) is 2.27. The normalized spacial score (nSPS) is 23.1. The SMILES string of the molecule is COC(=O)CC1(B2OC(C)(C)C(C)(C)O2)CNC1.O=C(O)C(F)(F)F. The number of nitrogens with one attached hydrogen (secondary N) is 1. The van der Waals surface area contributed by atoms with Crippen LogP contribution in [0.3, 0.4) is 0 Å². The third-order valence-corrected chi connectivity index (χ3v) is 4.67. The number of carboxylic acids is 1. The number of hydrogen-bond acceptors (Lipinski definition) is 6. The summed E-state index contributed by atoms with van der Waals surface area (Å²) in [5, 5.41) is 10.0. The highest BCUT2D eigenvalue weighted by Gasteiger charge is 2.62. The van der Waals surface area contributed by atoms with E-state index in [1.165, 1.54) is 7.11 Å². The van der Waals surface area contributed by atoms with Crippen LogP contribution in [0.25, 0.3) is 0 Å². The van der Waals surface area contributed by atoms with E-state index in [9.17, 15) is 18.0 Å². The molecule has 2 N–H and O–H groups in total. The number of rotatable bonds is 3. The van der Waals surface area contributed by atoms with Gasteiger partial charge in [-0.25, -0.2) is 4.79 Å². The molecule has 0 aromatic rings. The van der Waals surface area contributed by atoms with Crippen LogP contribution in [-0.2, 0) is 23.6 Å². The predicted octanol–water partition coefficient (Wildman–Crippen LogP) is 1.62. The van der Waals surface area contributed by atoms with Gasteiger partial charge in [-0.2, -0.15) is 13.2 Å². The second-order valence-corrected chi connectivity index (χ2v) is 7.11. The van der Waals surface area contributed by atoms with E-state index in [1.807, 2.05) is 27.7 Å². The molecule has 0 aromatic carbocycles. The molecule has 2 heterocycles. The van der Waals surface area contributed by atoms with Gasteiger partial charge in [-0.15, -0.1) is 0 Å². The first-order valence-corrected chi connectivity index (χ1v) is 7.60. The Morgan fingerprint density at radius 2 is 1.56 bits per heavy atom. The van der Waals surface area contributed by atoms with Gasteiger partial charge >= 0.3 is 25.2 Å². The summed E-state index contributed by atoms with van der Waals surface area (Å²) in [5.74, 6) is -2.97. The number of ether oxygens (including phenoxy) is 1. The minimum absolute atomic E-state index is 0.216. The molecule has 2 saturated heterocycles. The number of carbonyl (C=O) groups is 2. The molecule has 0 atom stereocenters. The van der Waals surface area contributed by atoms with Gasteiger partial charge in [-0.05, 0) is 27.7 Å². The molecule has 25 heavy (non-hydrogen) atoms. The zero-order valence-corrected chi connectivity index (χ0v) is 14.8. The lowest BCUT2D eigenvalue weighted by Gasteiger charge is -2.42. The van der Waals surface area contributed by atoms with Gasteiger partial charge in [0.2, 0.25) is 0 Å². The van der Waals surface area contributed by atoms with Gasteiger partial charge in [0.25, 0.3) is 0 Å². The number of methoxy groups -OCH3 is 1. The maximum Gasteiger partial charge on any atom is 0.490 e. The van der Waals surface area contributed by atoms with Crippen LogP contribution >= 0.6 is 0 Å².